The molecule has 0 unspecified atom stereocenters. The molecule has 0 amide bonds. The highest BCUT2D eigenvalue weighted by molar-refractivity contribution is 5.18. The number of hydrogen-bond acceptors (Lipinski definition) is 4. The van der Waals surface area contributed by atoms with Gasteiger partial charge in [-0.3, -0.25) is 4.98 Å². The van der Waals surface area contributed by atoms with Crippen LogP contribution in [0.2, 0.25) is 0 Å². The summed E-state index contributed by atoms with van der Waals surface area (Å²) < 4.78 is 1.71. The van der Waals surface area contributed by atoms with Crippen molar-refractivity contribution in [2.45, 2.75) is 13.5 Å². The summed E-state index contributed by atoms with van der Waals surface area (Å²) in [6.45, 7) is 2.67. The molecule has 2 heterocycles. The molecule has 2 rings (SSSR count). The molecule has 0 saturated heterocycles. The Hall–Kier alpha value is -1.75. The van der Waals surface area contributed by atoms with Crippen molar-refractivity contribution in [3.8, 4) is 5.82 Å². The second-order valence-corrected chi connectivity index (χ2v) is 3.30. The SMILES string of the molecule is CNCc1cnc(-n2ccc(C)n2)cn1. The molecular formula is C10H13N5. The van der Waals surface area contributed by atoms with Crippen molar-refractivity contribution in [2.75, 3.05) is 7.05 Å². The van der Waals surface area contributed by atoms with Gasteiger partial charge >= 0.3 is 0 Å². The zero-order valence-corrected chi connectivity index (χ0v) is 8.81. The third-order valence-corrected chi connectivity index (χ3v) is 2.01. The van der Waals surface area contributed by atoms with E-state index in [4.69, 9.17) is 0 Å². The minimum absolute atomic E-state index is 0.728. The summed E-state index contributed by atoms with van der Waals surface area (Å²) in [5.74, 6) is 0.739. The zero-order chi connectivity index (χ0) is 10.7. The number of rotatable bonds is 3. The lowest BCUT2D eigenvalue weighted by molar-refractivity contribution is 0.767. The topological polar surface area (TPSA) is 55.6 Å². The van der Waals surface area contributed by atoms with Gasteiger partial charge in [-0.25, -0.2) is 9.67 Å². The second-order valence-electron chi connectivity index (χ2n) is 3.30. The molecule has 0 bridgehead atoms. The zero-order valence-electron chi connectivity index (χ0n) is 8.81. The second kappa shape index (κ2) is 4.18. The van der Waals surface area contributed by atoms with E-state index in [0.29, 0.717) is 0 Å². The first-order valence-electron chi connectivity index (χ1n) is 4.78. The largest absolute Gasteiger partial charge is 0.314 e. The van der Waals surface area contributed by atoms with Crippen LogP contribution in [0.25, 0.3) is 5.82 Å². The summed E-state index contributed by atoms with van der Waals surface area (Å²) in [7, 11) is 1.88. The van der Waals surface area contributed by atoms with E-state index in [2.05, 4.69) is 20.4 Å². The van der Waals surface area contributed by atoms with Crippen LogP contribution in [-0.4, -0.2) is 26.8 Å². The van der Waals surface area contributed by atoms with E-state index in [9.17, 15) is 0 Å². The fourth-order valence-electron chi connectivity index (χ4n) is 1.28. The van der Waals surface area contributed by atoms with E-state index in [-0.39, 0.29) is 0 Å². The summed E-state index contributed by atoms with van der Waals surface area (Å²) in [5.41, 5.74) is 1.89. The maximum atomic E-state index is 4.28. The van der Waals surface area contributed by atoms with Crippen LogP contribution in [0.3, 0.4) is 0 Å². The fraction of sp³-hybridized carbons (Fsp3) is 0.300. The number of hydrogen-bond donors (Lipinski definition) is 1. The van der Waals surface area contributed by atoms with Crippen molar-refractivity contribution in [1.82, 2.24) is 25.1 Å². The highest BCUT2D eigenvalue weighted by Gasteiger charge is 2.00. The molecule has 0 saturated carbocycles. The number of aryl methyl sites for hydroxylation is 1. The maximum Gasteiger partial charge on any atom is 0.171 e. The van der Waals surface area contributed by atoms with Crippen molar-refractivity contribution >= 4 is 0 Å². The van der Waals surface area contributed by atoms with Gasteiger partial charge in [-0.15, -0.1) is 0 Å². The Morgan fingerprint density at radius 1 is 1.33 bits per heavy atom. The molecule has 2 aromatic heterocycles. The van der Waals surface area contributed by atoms with Crippen LogP contribution in [0.5, 0.6) is 0 Å². The molecule has 0 aromatic carbocycles. The third-order valence-electron chi connectivity index (χ3n) is 2.01. The number of nitrogens with zero attached hydrogens (tertiary/aromatic N) is 4. The molecule has 1 N–H and O–H groups in total. The molecule has 15 heavy (non-hydrogen) atoms. The fourth-order valence-corrected chi connectivity index (χ4v) is 1.28. The van der Waals surface area contributed by atoms with E-state index >= 15 is 0 Å². The number of aromatic nitrogens is 4. The third kappa shape index (κ3) is 2.19. The van der Waals surface area contributed by atoms with Gasteiger partial charge in [0.2, 0.25) is 0 Å². The average molecular weight is 203 g/mol. The highest BCUT2D eigenvalue weighted by Crippen LogP contribution is 2.02. The van der Waals surface area contributed by atoms with E-state index in [1.807, 2.05) is 26.2 Å². The van der Waals surface area contributed by atoms with Gasteiger partial charge in [-0.2, -0.15) is 5.10 Å². The molecule has 0 atom stereocenters. The summed E-state index contributed by atoms with van der Waals surface area (Å²) in [4.78, 5) is 8.55. The minimum Gasteiger partial charge on any atom is -0.314 e. The van der Waals surface area contributed by atoms with Crippen LogP contribution in [0, 0.1) is 6.92 Å². The van der Waals surface area contributed by atoms with Gasteiger partial charge < -0.3 is 5.32 Å². The van der Waals surface area contributed by atoms with E-state index < -0.39 is 0 Å². The lowest BCUT2D eigenvalue weighted by Crippen LogP contribution is -2.08. The van der Waals surface area contributed by atoms with Gasteiger partial charge in [0.1, 0.15) is 0 Å². The Balaban J connectivity index is 2.23. The molecule has 0 fully saturated rings. The Morgan fingerprint density at radius 3 is 2.73 bits per heavy atom. The summed E-state index contributed by atoms with van der Waals surface area (Å²) in [6.07, 6.45) is 5.35. The quantitative estimate of drug-likeness (QED) is 0.797. The first kappa shape index (κ1) is 9.79. The van der Waals surface area contributed by atoms with Gasteiger partial charge in [0.25, 0.3) is 0 Å². The molecule has 78 valence electrons. The van der Waals surface area contributed by atoms with Crippen LogP contribution in [0.15, 0.2) is 24.7 Å². The monoisotopic (exact) mass is 203 g/mol. The van der Waals surface area contributed by atoms with Gasteiger partial charge in [0.15, 0.2) is 5.82 Å². The standard InChI is InChI=1S/C10H13N5/c1-8-3-4-15(14-8)10-7-12-9(5-11-2)6-13-10/h3-4,6-7,11H,5H2,1-2H3. The molecule has 0 radical (unpaired) electrons. The minimum atomic E-state index is 0.728. The molecule has 5 nitrogen and oxygen atoms in total. The van der Waals surface area contributed by atoms with Crippen molar-refractivity contribution in [3.63, 3.8) is 0 Å². The molecule has 0 spiro atoms. The molecule has 5 heteroatoms. The maximum absolute atomic E-state index is 4.28. The molecule has 0 aliphatic carbocycles. The lowest BCUT2D eigenvalue weighted by Gasteiger charge is -2.01. The van der Waals surface area contributed by atoms with E-state index in [1.165, 1.54) is 0 Å². The molecule has 2 aromatic rings. The van der Waals surface area contributed by atoms with Gasteiger partial charge in [-0.05, 0) is 20.0 Å². The summed E-state index contributed by atoms with van der Waals surface area (Å²) >= 11 is 0. The van der Waals surface area contributed by atoms with Crippen LogP contribution in [0.1, 0.15) is 11.4 Å². The van der Waals surface area contributed by atoms with Crippen LogP contribution in [-0.2, 0) is 6.54 Å². The van der Waals surface area contributed by atoms with Gasteiger partial charge in [0, 0.05) is 12.7 Å². The van der Waals surface area contributed by atoms with E-state index in [1.54, 1.807) is 17.1 Å². The molecular weight excluding hydrogens is 190 g/mol. The highest BCUT2D eigenvalue weighted by atomic mass is 15.3. The predicted octanol–water partition coefficient (Wildman–Crippen LogP) is 0.690. The Labute approximate surface area is 88.2 Å². The van der Waals surface area contributed by atoms with Crippen molar-refractivity contribution in [3.05, 3.63) is 36.0 Å². The van der Waals surface area contributed by atoms with Crippen molar-refractivity contribution in [2.24, 2.45) is 0 Å². The Kier molecular flexibility index (Phi) is 2.73. The Morgan fingerprint density at radius 2 is 2.20 bits per heavy atom. The van der Waals surface area contributed by atoms with Crippen LogP contribution >= 0.6 is 0 Å². The van der Waals surface area contributed by atoms with Crippen LogP contribution in [0.4, 0.5) is 0 Å². The average Bonchev–Trinajstić information content (AvgIpc) is 2.67. The van der Waals surface area contributed by atoms with Crippen molar-refractivity contribution < 1.29 is 0 Å². The lowest BCUT2D eigenvalue weighted by atomic mass is 10.4. The van der Waals surface area contributed by atoms with Gasteiger partial charge in [0.05, 0.1) is 23.8 Å². The predicted molar refractivity (Wildman–Crippen MR) is 56.7 cm³/mol. The van der Waals surface area contributed by atoms with Gasteiger partial charge in [-0.1, -0.05) is 0 Å². The first-order valence-corrected chi connectivity index (χ1v) is 4.78. The summed E-state index contributed by atoms with van der Waals surface area (Å²) in [5, 5.41) is 7.28. The van der Waals surface area contributed by atoms with Crippen molar-refractivity contribution in [1.29, 1.82) is 0 Å². The van der Waals surface area contributed by atoms with Crippen LogP contribution < -0.4 is 5.32 Å². The normalized spacial score (nSPS) is 10.5. The smallest absolute Gasteiger partial charge is 0.171 e. The molecule has 0 aliphatic heterocycles. The van der Waals surface area contributed by atoms with E-state index in [0.717, 1.165) is 23.8 Å². The Bertz CT molecular complexity index is 431. The summed E-state index contributed by atoms with van der Waals surface area (Å²) in [6, 6.07) is 1.93. The first-order chi connectivity index (χ1) is 7.29. The molecule has 0 aliphatic rings. The number of nitrogens with one attached hydrogen (secondary N) is 1.